The average Bonchev–Trinajstić information content (AvgIpc) is 2.88. The number of nitrogen functional groups attached to an aromatic ring is 1. The lowest BCUT2D eigenvalue weighted by Crippen LogP contribution is -2.33. The Morgan fingerprint density at radius 2 is 2.36 bits per heavy atom. The Labute approximate surface area is 136 Å². The van der Waals surface area contributed by atoms with Gasteiger partial charge in [-0.3, -0.25) is 9.69 Å². The van der Waals surface area contributed by atoms with Gasteiger partial charge in [0.25, 0.3) is 5.91 Å². The highest BCUT2D eigenvalue weighted by molar-refractivity contribution is 7.16. The van der Waals surface area contributed by atoms with E-state index >= 15 is 0 Å². The molecule has 1 amide bonds. The van der Waals surface area contributed by atoms with Crippen LogP contribution in [0.15, 0.2) is 24.3 Å². The first-order valence-corrected chi connectivity index (χ1v) is 7.57. The van der Waals surface area contributed by atoms with Gasteiger partial charge in [-0.2, -0.15) is 5.26 Å². The van der Waals surface area contributed by atoms with Gasteiger partial charge < -0.3 is 10.5 Å². The van der Waals surface area contributed by atoms with Gasteiger partial charge in [-0.15, -0.1) is 0 Å². The SMILES string of the molecule is CCOCN(C(=O)c1cccc(Cl)c1)c1nc(N)c(C#N)s1. The van der Waals surface area contributed by atoms with E-state index in [9.17, 15) is 4.79 Å². The van der Waals surface area contributed by atoms with Gasteiger partial charge in [0.05, 0.1) is 0 Å². The van der Waals surface area contributed by atoms with Crippen molar-refractivity contribution in [3.05, 3.63) is 39.7 Å². The minimum absolute atomic E-state index is 0.0136. The lowest BCUT2D eigenvalue weighted by molar-refractivity contribution is 0.0901. The zero-order chi connectivity index (χ0) is 16.1. The summed E-state index contributed by atoms with van der Waals surface area (Å²) in [6.45, 7) is 2.27. The largest absolute Gasteiger partial charge is 0.382 e. The molecular formula is C14H13ClN4O2S. The molecule has 0 atom stereocenters. The van der Waals surface area contributed by atoms with Gasteiger partial charge >= 0.3 is 0 Å². The fourth-order valence-corrected chi connectivity index (χ4v) is 2.63. The van der Waals surface area contributed by atoms with Gasteiger partial charge in [0.15, 0.2) is 10.9 Å². The van der Waals surface area contributed by atoms with E-state index in [4.69, 9.17) is 27.3 Å². The van der Waals surface area contributed by atoms with E-state index in [0.29, 0.717) is 22.3 Å². The van der Waals surface area contributed by atoms with E-state index in [1.807, 2.05) is 13.0 Å². The zero-order valence-corrected chi connectivity index (χ0v) is 13.3. The van der Waals surface area contributed by atoms with Crippen LogP contribution in [0.25, 0.3) is 0 Å². The van der Waals surface area contributed by atoms with Crippen molar-refractivity contribution in [3.8, 4) is 6.07 Å². The summed E-state index contributed by atoms with van der Waals surface area (Å²) in [5, 5.41) is 9.74. The van der Waals surface area contributed by atoms with Gasteiger partial charge in [0, 0.05) is 17.2 Å². The van der Waals surface area contributed by atoms with E-state index < -0.39 is 0 Å². The number of thiazole rings is 1. The van der Waals surface area contributed by atoms with Gasteiger partial charge in [0.2, 0.25) is 0 Å². The monoisotopic (exact) mass is 336 g/mol. The molecule has 0 aliphatic rings. The van der Waals surface area contributed by atoms with Crippen LogP contribution in [-0.2, 0) is 4.74 Å². The van der Waals surface area contributed by atoms with Crippen LogP contribution in [-0.4, -0.2) is 24.2 Å². The highest BCUT2D eigenvalue weighted by Gasteiger charge is 2.22. The molecule has 114 valence electrons. The zero-order valence-electron chi connectivity index (χ0n) is 11.7. The van der Waals surface area contributed by atoms with Crippen LogP contribution in [0.2, 0.25) is 5.02 Å². The number of aromatic nitrogens is 1. The summed E-state index contributed by atoms with van der Waals surface area (Å²) in [5.41, 5.74) is 6.06. The summed E-state index contributed by atoms with van der Waals surface area (Å²) in [6, 6.07) is 8.52. The number of halogens is 1. The number of rotatable bonds is 5. The summed E-state index contributed by atoms with van der Waals surface area (Å²) in [4.78, 5) is 18.3. The number of carbonyl (C=O) groups is 1. The Morgan fingerprint density at radius 3 is 2.95 bits per heavy atom. The number of benzene rings is 1. The fourth-order valence-electron chi connectivity index (χ4n) is 1.68. The Bertz CT molecular complexity index is 726. The summed E-state index contributed by atoms with van der Waals surface area (Å²) >= 11 is 6.96. The maximum atomic E-state index is 12.6. The molecule has 0 aliphatic carbocycles. The molecular weight excluding hydrogens is 324 g/mol. The van der Waals surface area contributed by atoms with Gasteiger partial charge in [-0.1, -0.05) is 29.0 Å². The molecule has 0 saturated heterocycles. The van der Waals surface area contributed by atoms with Crippen molar-refractivity contribution in [1.29, 1.82) is 5.26 Å². The number of nitrogens with two attached hydrogens (primary N) is 1. The second kappa shape index (κ2) is 7.22. The van der Waals surface area contributed by atoms with Gasteiger partial charge in [-0.05, 0) is 25.1 Å². The van der Waals surface area contributed by atoms with E-state index in [0.717, 1.165) is 11.3 Å². The smallest absolute Gasteiger partial charge is 0.262 e. The van der Waals surface area contributed by atoms with E-state index in [1.54, 1.807) is 24.3 Å². The predicted octanol–water partition coefficient (Wildman–Crippen LogP) is 2.89. The standard InChI is InChI=1S/C14H13ClN4O2S/c1-2-21-8-19(14-18-12(17)11(7-16)22-14)13(20)9-4-3-5-10(15)6-9/h3-6H,2,8,17H2,1H3. The third-order valence-corrected chi connectivity index (χ3v) is 3.95. The van der Waals surface area contributed by atoms with Crippen molar-refractivity contribution in [3.63, 3.8) is 0 Å². The fraction of sp³-hybridized carbons (Fsp3) is 0.214. The maximum Gasteiger partial charge on any atom is 0.262 e. The van der Waals surface area contributed by atoms with Crippen LogP contribution >= 0.6 is 22.9 Å². The molecule has 0 unspecified atom stereocenters. The Morgan fingerprint density at radius 1 is 1.59 bits per heavy atom. The van der Waals surface area contributed by atoms with Crippen LogP contribution in [0.1, 0.15) is 22.2 Å². The van der Waals surface area contributed by atoms with Crippen LogP contribution in [0.3, 0.4) is 0 Å². The van der Waals surface area contributed by atoms with E-state index in [-0.39, 0.29) is 23.3 Å². The number of hydrogen-bond acceptors (Lipinski definition) is 6. The second-order valence-corrected chi connectivity index (χ2v) is 5.60. The summed E-state index contributed by atoms with van der Waals surface area (Å²) in [7, 11) is 0. The van der Waals surface area contributed by atoms with E-state index in [2.05, 4.69) is 4.98 Å². The van der Waals surface area contributed by atoms with Crippen LogP contribution in [0.4, 0.5) is 10.9 Å². The van der Waals surface area contributed by atoms with Gasteiger partial charge in [-0.25, -0.2) is 4.98 Å². The topological polar surface area (TPSA) is 92.2 Å². The minimum atomic E-state index is -0.325. The minimum Gasteiger partial charge on any atom is -0.382 e. The molecule has 0 radical (unpaired) electrons. The lowest BCUT2D eigenvalue weighted by Gasteiger charge is -2.19. The quantitative estimate of drug-likeness (QED) is 0.847. The number of anilines is 2. The molecule has 0 fully saturated rings. The normalized spacial score (nSPS) is 10.2. The Kier molecular flexibility index (Phi) is 5.33. The number of nitrogens with zero attached hydrogens (tertiary/aromatic N) is 3. The summed E-state index contributed by atoms with van der Waals surface area (Å²) < 4.78 is 5.32. The Balaban J connectivity index is 2.36. The molecule has 2 N–H and O–H groups in total. The molecule has 2 rings (SSSR count). The molecule has 0 aliphatic heterocycles. The molecule has 0 spiro atoms. The van der Waals surface area contributed by atoms with Gasteiger partial charge in [0.1, 0.15) is 17.7 Å². The molecule has 2 aromatic rings. The molecule has 0 saturated carbocycles. The third-order valence-electron chi connectivity index (χ3n) is 2.72. The van der Waals surface area contributed by atoms with Crippen LogP contribution in [0.5, 0.6) is 0 Å². The number of amides is 1. The predicted molar refractivity (Wildman–Crippen MR) is 86.0 cm³/mol. The van der Waals surface area contributed by atoms with Crippen molar-refractivity contribution in [2.45, 2.75) is 6.92 Å². The van der Waals surface area contributed by atoms with Crippen molar-refractivity contribution in [2.75, 3.05) is 24.0 Å². The molecule has 22 heavy (non-hydrogen) atoms. The van der Waals surface area contributed by atoms with Crippen molar-refractivity contribution >= 4 is 39.8 Å². The molecule has 6 nitrogen and oxygen atoms in total. The first-order valence-electron chi connectivity index (χ1n) is 6.38. The highest BCUT2D eigenvalue weighted by atomic mass is 35.5. The summed E-state index contributed by atoms with van der Waals surface area (Å²) in [5.74, 6) is -0.225. The molecule has 1 aromatic heterocycles. The van der Waals surface area contributed by atoms with Crippen LogP contribution < -0.4 is 10.6 Å². The first-order chi connectivity index (χ1) is 10.6. The number of nitriles is 1. The highest BCUT2D eigenvalue weighted by Crippen LogP contribution is 2.28. The Hall–Kier alpha value is -2.14. The first kappa shape index (κ1) is 16.2. The van der Waals surface area contributed by atoms with Crippen LogP contribution in [0, 0.1) is 11.3 Å². The van der Waals surface area contributed by atoms with Crippen molar-refractivity contribution in [2.24, 2.45) is 0 Å². The molecule has 8 heteroatoms. The second-order valence-electron chi connectivity index (χ2n) is 4.19. The lowest BCUT2D eigenvalue weighted by atomic mass is 10.2. The molecule has 1 heterocycles. The number of carbonyl (C=O) groups excluding carboxylic acids is 1. The molecule has 1 aromatic carbocycles. The average molecular weight is 337 g/mol. The van der Waals surface area contributed by atoms with E-state index in [1.165, 1.54) is 4.90 Å². The third kappa shape index (κ3) is 3.54. The maximum absolute atomic E-state index is 12.6. The number of ether oxygens (including phenoxy) is 1. The summed E-state index contributed by atoms with van der Waals surface area (Å²) in [6.07, 6.45) is 0. The van der Waals surface area contributed by atoms with Crippen molar-refractivity contribution < 1.29 is 9.53 Å². The van der Waals surface area contributed by atoms with Crippen molar-refractivity contribution in [1.82, 2.24) is 4.98 Å². The number of hydrogen-bond donors (Lipinski definition) is 1. The molecule has 0 bridgehead atoms.